The van der Waals surface area contributed by atoms with Crippen LogP contribution >= 0.6 is 0 Å². The average molecular weight is 251 g/mol. The summed E-state index contributed by atoms with van der Waals surface area (Å²) in [5.74, 6) is 2.80. The molecule has 18 heavy (non-hydrogen) atoms. The summed E-state index contributed by atoms with van der Waals surface area (Å²) in [6, 6.07) is 0.502. The molecule has 1 saturated carbocycles. The quantitative estimate of drug-likeness (QED) is 0.582. The van der Waals surface area contributed by atoms with Crippen molar-refractivity contribution in [2.45, 2.75) is 64.5 Å². The van der Waals surface area contributed by atoms with E-state index in [1.165, 1.54) is 0 Å². The first-order valence-electron chi connectivity index (χ1n) is 7.10. The molecule has 3 unspecified atom stereocenters. The molecule has 1 fully saturated rings. The second-order valence-electron chi connectivity index (χ2n) is 4.99. The molecule has 0 radical (unpaired) electrons. The molecule has 0 amide bonds. The molecule has 0 aliphatic heterocycles. The molecule has 1 aliphatic rings. The van der Waals surface area contributed by atoms with Crippen LogP contribution in [0.1, 0.15) is 52.4 Å². The fourth-order valence-corrected chi connectivity index (χ4v) is 2.60. The molecule has 0 spiro atoms. The van der Waals surface area contributed by atoms with Gasteiger partial charge in [-0.3, -0.25) is 4.79 Å². The monoisotopic (exact) mass is 251 g/mol. The molecule has 1 N–H and O–H groups in total. The zero-order chi connectivity index (χ0) is 13.4. The van der Waals surface area contributed by atoms with Crippen LogP contribution in [0.5, 0.6) is 0 Å². The fourth-order valence-electron chi connectivity index (χ4n) is 2.60. The van der Waals surface area contributed by atoms with Crippen LogP contribution in [-0.4, -0.2) is 24.7 Å². The number of nitrogens with one attached hydrogen (secondary N) is 1. The van der Waals surface area contributed by atoms with Crippen molar-refractivity contribution in [3.63, 3.8) is 0 Å². The molecule has 0 aromatic heterocycles. The standard InChI is InChI=1S/C15H25NO2/c1-4-8-13(5-2)16-14-10-7-9-12(11-14)15(17)18-6-3/h2,12-14,16H,4,6-11H2,1,3H3. The van der Waals surface area contributed by atoms with Gasteiger partial charge in [0.2, 0.25) is 0 Å². The number of hydrogen-bond acceptors (Lipinski definition) is 3. The van der Waals surface area contributed by atoms with Crippen molar-refractivity contribution < 1.29 is 9.53 Å². The first-order chi connectivity index (χ1) is 8.71. The molecular formula is C15H25NO2. The second-order valence-corrected chi connectivity index (χ2v) is 4.99. The van der Waals surface area contributed by atoms with Gasteiger partial charge in [-0.25, -0.2) is 0 Å². The molecule has 1 aliphatic carbocycles. The number of carbonyl (C=O) groups is 1. The van der Waals surface area contributed by atoms with Crippen LogP contribution in [0.3, 0.4) is 0 Å². The Hall–Kier alpha value is -1.01. The Morgan fingerprint density at radius 3 is 2.89 bits per heavy atom. The minimum atomic E-state index is -0.0447. The van der Waals surface area contributed by atoms with Crippen LogP contribution in [0.4, 0.5) is 0 Å². The third-order valence-corrected chi connectivity index (χ3v) is 3.51. The zero-order valence-corrected chi connectivity index (χ0v) is 11.6. The van der Waals surface area contributed by atoms with E-state index in [4.69, 9.17) is 11.2 Å². The lowest BCUT2D eigenvalue weighted by Crippen LogP contribution is -2.42. The van der Waals surface area contributed by atoms with Gasteiger partial charge in [-0.15, -0.1) is 6.42 Å². The summed E-state index contributed by atoms with van der Waals surface area (Å²) in [6.07, 6.45) is 11.6. The maximum absolute atomic E-state index is 11.7. The Morgan fingerprint density at radius 2 is 2.28 bits per heavy atom. The molecule has 0 bridgehead atoms. The molecule has 1 rings (SSSR count). The summed E-state index contributed by atoms with van der Waals surface area (Å²) in [7, 11) is 0. The Bertz CT molecular complexity index is 295. The fraction of sp³-hybridized carbons (Fsp3) is 0.800. The van der Waals surface area contributed by atoms with E-state index in [1.54, 1.807) is 0 Å². The number of rotatable bonds is 6. The number of carbonyl (C=O) groups excluding carboxylic acids is 1. The Kier molecular flexibility index (Phi) is 6.82. The van der Waals surface area contributed by atoms with Gasteiger partial charge in [0.1, 0.15) is 0 Å². The third-order valence-electron chi connectivity index (χ3n) is 3.51. The number of terminal acetylenes is 1. The lowest BCUT2D eigenvalue weighted by molar-refractivity contribution is -0.149. The molecular weight excluding hydrogens is 226 g/mol. The average Bonchev–Trinajstić information content (AvgIpc) is 2.39. The van der Waals surface area contributed by atoms with Crippen LogP contribution < -0.4 is 5.32 Å². The first kappa shape index (κ1) is 15.0. The second kappa shape index (κ2) is 8.16. The van der Waals surface area contributed by atoms with E-state index in [2.05, 4.69) is 18.2 Å². The molecule has 3 heteroatoms. The molecule has 0 saturated heterocycles. The minimum Gasteiger partial charge on any atom is -0.466 e. The normalized spacial score (nSPS) is 25.2. The van der Waals surface area contributed by atoms with Crippen molar-refractivity contribution in [1.29, 1.82) is 0 Å². The lowest BCUT2D eigenvalue weighted by Gasteiger charge is -2.30. The zero-order valence-electron chi connectivity index (χ0n) is 11.6. The van der Waals surface area contributed by atoms with Gasteiger partial charge in [-0.2, -0.15) is 0 Å². The van der Waals surface area contributed by atoms with E-state index >= 15 is 0 Å². The summed E-state index contributed by atoms with van der Waals surface area (Å²) < 4.78 is 5.10. The maximum Gasteiger partial charge on any atom is 0.308 e. The largest absolute Gasteiger partial charge is 0.466 e. The number of esters is 1. The molecule has 0 aromatic carbocycles. The maximum atomic E-state index is 11.7. The van der Waals surface area contributed by atoms with Crippen molar-refractivity contribution in [3.05, 3.63) is 0 Å². The van der Waals surface area contributed by atoms with Gasteiger partial charge < -0.3 is 10.1 Å². The van der Waals surface area contributed by atoms with Crippen molar-refractivity contribution in [2.75, 3.05) is 6.61 Å². The van der Waals surface area contributed by atoms with Crippen LogP contribution in [0, 0.1) is 18.3 Å². The SMILES string of the molecule is C#CC(CCC)NC1CCCC(C(=O)OCC)C1. The molecule has 0 aromatic rings. The summed E-state index contributed by atoms with van der Waals surface area (Å²) in [6.45, 7) is 4.45. The van der Waals surface area contributed by atoms with E-state index in [9.17, 15) is 4.79 Å². The van der Waals surface area contributed by atoms with E-state index < -0.39 is 0 Å². The van der Waals surface area contributed by atoms with Gasteiger partial charge in [0.25, 0.3) is 0 Å². The van der Waals surface area contributed by atoms with E-state index in [-0.39, 0.29) is 17.9 Å². The van der Waals surface area contributed by atoms with Gasteiger partial charge in [0.05, 0.1) is 18.6 Å². The van der Waals surface area contributed by atoms with Gasteiger partial charge in [-0.1, -0.05) is 25.7 Å². The Labute approximate surface area is 111 Å². The van der Waals surface area contributed by atoms with Gasteiger partial charge in [0, 0.05) is 6.04 Å². The summed E-state index contributed by atoms with van der Waals surface area (Å²) in [4.78, 5) is 11.7. The summed E-state index contributed by atoms with van der Waals surface area (Å²) in [5, 5.41) is 3.49. The minimum absolute atomic E-state index is 0.0447. The predicted molar refractivity (Wildman–Crippen MR) is 73.0 cm³/mol. The van der Waals surface area contributed by atoms with E-state index in [0.29, 0.717) is 12.6 Å². The van der Waals surface area contributed by atoms with Crippen LogP contribution in [-0.2, 0) is 9.53 Å². The highest BCUT2D eigenvalue weighted by atomic mass is 16.5. The van der Waals surface area contributed by atoms with Crippen LogP contribution in [0.15, 0.2) is 0 Å². The summed E-state index contributed by atoms with van der Waals surface area (Å²) in [5.41, 5.74) is 0. The van der Waals surface area contributed by atoms with E-state index in [0.717, 1.165) is 38.5 Å². The number of hydrogen-bond donors (Lipinski definition) is 1. The predicted octanol–water partition coefficient (Wildman–Crippen LogP) is 2.50. The van der Waals surface area contributed by atoms with Gasteiger partial charge in [0.15, 0.2) is 0 Å². The highest BCUT2D eigenvalue weighted by molar-refractivity contribution is 5.72. The van der Waals surface area contributed by atoms with Crippen molar-refractivity contribution >= 4 is 5.97 Å². The molecule has 3 nitrogen and oxygen atoms in total. The first-order valence-corrected chi connectivity index (χ1v) is 7.10. The Morgan fingerprint density at radius 1 is 1.50 bits per heavy atom. The Balaban J connectivity index is 2.43. The van der Waals surface area contributed by atoms with Crippen molar-refractivity contribution in [1.82, 2.24) is 5.32 Å². The third kappa shape index (κ3) is 4.70. The smallest absolute Gasteiger partial charge is 0.308 e. The lowest BCUT2D eigenvalue weighted by atomic mass is 9.85. The number of ether oxygens (including phenoxy) is 1. The summed E-state index contributed by atoms with van der Waals surface area (Å²) >= 11 is 0. The molecule has 3 atom stereocenters. The van der Waals surface area contributed by atoms with Crippen molar-refractivity contribution in [3.8, 4) is 12.3 Å². The van der Waals surface area contributed by atoms with Crippen molar-refractivity contribution in [2.24, 2.45) is 5.92 Å². The van der Waals surface area contributed by atoms with Gasteiger partial charge >= 0.3 is 5.97 Å². The molecule has 102 valence electrons. The van der Waals surface area contributed by atoms with E-state index in [1.807, 2.05) is 6.92 Å². The topological polar surface area (TPSA) is 38.3 Å². The van der Waals surface area contributed by atoms with Crippen LogP contribution in [0.2, 0.25) is 0 Å². The highest BCUT2D eigenvalue weighted by Gasteiger charge is 2.28. The van der Waals surface area contributed by atoms with Gasteiger partial charge in [-0.05, 0) is 32.6 Å². The van der Waals surface area contributed by atoms with Crippen LogP contribution in [0.25, 0.3) is 0 Å². The highest BCUT2D eigenvalue weighted by Crippen LogP contribution is 2.25. The molecule has 0 heterocycles.